The highest BCUT2D eigenvalue weighted by molar-refractivity contribution is 8.26. The lowest BCUT2D eigenvalue weighted by molar-refractivity contribution is -0.146. The van der Waals surface area contributed by atoms with Gasteiger partial charge in [0, 0.05) is 6.42 Å². The number of aliphatic carboxylic acids is 2. The Morgan fingerprint density at radius 1 is 1.38 bits per heavy atom. The number of hydrogen-bond donors (Lipinski definition) is 2. The number of benzene rings is 1. The first kappa shape index (κ1) is 18.1. The van der Waals surface area contributed by atoms with E-state index in [1.807, 2.05) is 0 Å². The molecule has 0 aliphatic carbocycles. The molecule has 0 radical (unpaired) electrons. The Morgan fingerprint density at radius 3 is 2.67 bits per heavy atom. The van der Waals surface area contributed by atoms with Crippen molar-refractivity contribution in [2.45, 2.75) is 18.9 Å². The number of thioether (sulfide) groups is 1. The zero-order valence-electron chi connectivity index (χ0n) is 12.1. The molecule has 1 amide bonds. The van der Waals surface area contributed by atoms with Crippen molar-refractivity contribution in [3.8, 4) is 0 Å². The van der Waals surface area contributed by atoms with Gasteiger partial charge in [-0.15, -0.1) is 0 Å². The zero-order valence-corrected chi connectivity index (χ0v) is 13.8. The molecule has 1 heterocycles. The van der Waals surface area contributed by atoms with Crippen LogP contribution in [0.15, 0.2) is 29.2 Å². The minimum Gasteiger partial charge on any atom is -0.481 e. The van der Waals surface area contributed by atoms with Gasteiger partial charge in [0.25, 0.3) is 5.91 Å². The Hall–Kier alpha value is -2.26. The summed E-state index contributed by atoms with van der Waals surface area (Å²) in [5.41, 5.74) is 0.438. The highest BCUT2D eigenvalue weighted by Crippen LogP contribution is 2.35. The minimum atomic E-state index is -1.35. The summed E-state index contributed by atoms with van der Waals surface area (Å²) in [7, 11) is 0. The molecule has 2 rings (SSSR count). The lowest BCUT2D eigenvalue weighted by atomic mass is 10.1. The van der Waals surface area contributed by atoms with Gasteiger partial charge in [0.15, 0.2) is 0 Å². The molecule has 1 unspecified atom stereocenters. The molecule has 0 aromatic heterocycles. The standard InChI is InChI=1S/C15H12FNO5S2/c16-9-3-1-2-8(6-9)7-11-13(20)17(15(23)24-11)10(14(21)22)4-5-12(18)19/h1-3,6-7,10H,4-5H2,(H,18,19)(H,21,22). The summed E-state index contributed by atoms with van der Waals surface area (Å²) < 4.78 is 13.2. The van der Waals surface area contributed by atoms with Crippen LogP contribution in [0.1, 0.15) is 18.4 Å². The molecule has 1 aromatic rings. The van der Waals surface area contributed by atoms with E-state index in [-0.39, 0.29) is 15.6 Å². The van der Waals surface area contributed by atoms with E-state index in [9.17, 15) is 23.9 Å². The van der Waals surface area contributed by atoms with Crippen LogP contribution in [-0.2, 0) is 14.4 Å². The van der Waals surface area contributed by atoms with Crippen LogP contribution in [0.2, 0.25) is 0 Å². The second kappa shape index (κ2) is 7.54. The molecule has 6 nitrogen and oxygen atoms in total. The number of carboxylic acids is 2. The van der Waals surface area contributed by atoms with Crippen molar-refractivity contribution in [2.24, 2.45) is 0 Å². The van der Waals surface area contributed by atoms with Crippen molar-refractivity contribution in [3.05, 3.63) is 40.6 Å². The first-order valence-corrected chi connectivity index (χ1v) is 7.99. The number of carboxylic acid groups (broad SMARTS) is 2. The van der Waals surface area contributed by atoms with E-state index in [2.05, 4.69) is 0 Å². The van der Waals surface area contributed by atoms with Gasteiger partial charge in [0.1, 0.15) is 16.2 Å². The first-order valence-electron chi connectivity index (χ1n) is 6.77. The molecule has 1 aromatic carbocycles. The maximum absolute atomic E-state index is 13.2. The molecule has 1 saturated heterocycles. The molecule has 126 valence electrons. The van der Waals surface area contributed by atoms with Crippen LogP contribution in [0.25, 0.3) is 6.08 Å². The molecule has 1 aliphatic heterocycles. The first-order chi connectivity index (χ1) is 11.3. The summed E-state index contributed by atoms with van der Waals surface area (Å²) in [6, 6.07) is 4.21. The van der Waals surface area contributed by atoms with Crippen LogP contribution >= 0.6 is 24.0 Å². The van der Waals surface area contributed by atoms with E-state index in [1.54, 1.807) is 6.07 Å². The average Bonchev–Trinajstić information content (AvgIpc) is 2.74. The van der Waals surface area contributed by atoms with Crippen LogP contribution in [0.4, 0.5) is 4.39 Å². The molecule has 0 saturated carbocycles. The quantitative estimate of drug-likeness (QED) is 0.587. The lowest BCUT2D eigenvalue weighted by Gasteiger charge is -2.22. The predicted octanol–water partition coefficient (Wildman–Crippen LogP) is 2.34. The summed E-state index contributed by atoms with van der Waals surface area (Å²) in [5, 5.41) is 18.0. The molecule has 0 bridgehead atoms. The Kier molecular flexibility index (Phi) is 5.68. The van der Waals surface area contributed by atoms with Crippen LogP contribution < -0.4 is 0 Å². The monoisotopic (exact) mass is 369 g/mol. The van der Waals surface area contributed by atoms with Gasteiger partial charge in [-0.1, -0.05) is 36.1 Å². The summed E-state index contributed by atoms with van der Waals surface area (Å²) in [4.78, 5) is 35.5. The third-order valence-electron chi connectivity index (χ3n) is 3.20. The average molecular weight is 369 g/mol. The molecule has 1 atom stereocenters. The van der Waals surface area contributed by atoms with Crippen LogP contribution in [0.3, 0.4) is 0 Å². The van der Waals surface area contributed by atoms with Crippen molar-refractivity contribution in [1.29, 1.82) is 0 Å². The van der Waals surface area contributed by atoms with Crippen molar-refractivity contribution in [3.63, 3.8) is 0 Å². The number of thiocarbonyl (C=S) groups is 1. The normalized spacial score (nSPS) is 17.4. The summed E-state index contributed by atoms with van der Waals surface area (Å²) >= 11 is 5.95. The van der Waals surface area contributed by atoms with Gasteiger partial charge in [0.2, 0.25) is 0 Å². The Balaban J connectivity index is 2.26. The molecule has 24 heavy (non-hydrogen) atoms. The second-order valence-corrected chi connectivity index (χ2v) is 6.57. The van der Waals surface area contributed by atoms with E-state index in [1.165, 1.54) is 24.3 Å². The largest absolute Gasteiger partial charge is 0.481 e. The molecule has 1 fully saturated rings. The topological polar surface area (TPSA) is 94.9 Å². The lowest BCUT2D eigenvalue weighted by Crippen LogP contribution is -2.44. The number of halogens is 1. The smallest absolute Gasteiger partial charge is 0.326 e. The Bertz CT molecular complexity index is 749. The van der Waals surface area contributed by atoms with Gasteiger partial charge < -0.3 is 10.2 Å². The van der Waals surface area contributed by atoms with Crippen LogP contribution in [-0.4, -0.2) is 43.3 Å². The van der Waals surface area contributed by atoms with E-state index < -0.39 is 36.1 Å². The number of carbonyl (C=O) groups excluding carboxylic acids is 1. The van der Waals surface area contributed by atoms with Crippen molar-refractivity contribution < 1.29 is 29.0 Å². The second-order valence-electron chi connectivity index (χ2n) is 4.89. The molecular weight excluding hydrogens is 357 g/mol. The summed E-state index contributed by atoms with van der Waals surface area (Å²) in [5.74, 6) is -3.60. The molecular formula is C15H12FNO5S2. The maximum Gasteiger partial charge on any atom is 0.326 e. The number of rotatable bonds is 6. The van der Waals surface area contributed by atoms with E-state index in [0.29, 0.717) is 5.56 Å². The maximum atomic E-state index is 13.2. The summed E-state index contributed by atoms with van der Waals surface area (Å²) in [6.45, 7) is 0. The van der Waals surface area contributed by atoms with Crippen molar-refractivity contribution >= 4 is 52.2 Å². The molecule has 2 N–H and O–H groups in total. The fourth-order valence-corrected chi connectivity index (χ4v) is 3.48. The molecule has 1 aliphatic rings. The predicted molar refractivity (Wildman–Crippen MR) is 89.7 cm³/mol. The molecule has 9 heteroatoms. The Morgan fingerprint density at radius 2 is 2.08 bits per heavy atom. The number of amides is 1. The Labute approximate surface area is 146 Å². The third kappa shape index (κ3) is 4.18. The van der Waals surface area contributed by atoms with Gasteiger partial charge in [-0.25, -0.2) is 9.18 Å². The fourth-order valence-electron chi connectivity index (χ4n) is 2.12. The van der Waals surface area contributed by atoms with Crippen molar-refractivity contribution in [1.82, 2.24) is 4.90 Å². The van der Waals surface area contributed by atoms with Gasteiger partial charge >= 0.3 is 11.9 Å². The van der Waals surface area contributed by atoms with Gasteiger partial charge in [-0.05, 0) is 30.2 Å². The number of nitrogens with zero attached hydrogens (tertiary/aromatic N) is 1. The zero-order chi connectivity index (χ0) is 17.9. The molecule has 0 spiro atoms. The summed E-state index contributed by atoms with van der Waals surface area (Å²) in [6.07, 6.45) is 0.750. The van der Waals surface area contributed by atoms with Crippen LogP contribution in [0.5, 0.6) is 0 Å². The minimum absolute atomic E-state index is 0.0282. The number of hydrogen-bond acceptors (Lipinski definition) is 5. The van der Waals surface area contributed by atoms with Crippen molar-refractivity contribution in [2.75, 3.05) is 0 Å². The van der Waals surface area contributed by atoms with Gasteiger partial charge in [0.05, 0.1) is 4.91 Å². The van der Waals surface area contributed by atoms with E-state index in [4.69, 9.17) is 17.3 Å². The fraction of sp³-hybridized carbons (Fsp3) is 0.200. The highest BCUT2D eigenvalue weighted by Gasteiger charge is 2.40. The number of carbonyl (C=O) groups is 3. The van der Waals surface area contributed by atoms with E-state index in [0.717, 1.165) is 16.7 Å². The van der Waals surface area contributed by atoms with Gasteiger partial charge in [-0.2, -0.15) is 0 Å². The van der Waals surface area contributed by atoms with E-state index >= 15 is 0 Å². The van der Waals surface area contributed by atoms with Crippen LogP contribution in [0, 0.1) is 5.82 Å². The van der Waals surface area contributed by atoms with Gasteiger partial charge in [-0.3, -0.25) is 14.5 Å². The highest BCUT2D eigenvalue weighted by atomic mass is 32.2. The SMILES string of the molecule is O=C(O)CCC(C(=O)O)N1C(=O)C(=Cc2cccc(F)c2)SC1=S. The third-order valence-corrected chi connectivity index (χ3v) is 4.53.